The van der Waals surface area contributed by atoms with Crippen LogP contribution in [0.2, 0.25) is 0 Å². The van der Waals surface area contributed by atoms with E-state index >= 15 is 0 Å². The minimum absolute atomic E-state index is 0.0459. The average molecular weight is 468 g/mol. The molecular weight excluding hydrogens is 422 g/mol. The van der Waals surface area contributed by atoms with Gasteiger partial charge in [0.05, 0.1) is 36.3 Å². The Morgan fingerprint density at radius 2 is 0.794 bits per heavy atom. The van der Waals surface area contributed by atoms with Gasteiger partial charge in [0.15, 0.2) is 0 Å². The van der Waals surface area contributed by atoms with Crippen LogP contribution < -0.4 is 13.7 Å². The Bertz CT molecular complexity index is 900. The van der Waals surface area contributed by atoms with Crippen LogP contribution in [-0.2, 0) is 36.3 Å². The van der Waals surface area contributed by atoms with Crippen molar-refractivity contribution < 1.29 is 13.7 Å². The number of rotatable bonds is 9. The molecular formula is C27H45N7. The summed E-state index contributed by atoms with van der Waals surface area (Å²) in [7, 11) is 0. The lowest BCUT2D eigenvalue weighted by Crippen LogP contribution is -2.47. The molecule has 3 aromatic rings. The SMILES string of the molecule is CC(C)(C)n1[c-][n+](CCN(CC[n+]2[c-]n(C(C)(C)C)cc2)CC[n+]2[c-]n(C(C)(C)C)cc2)cc1. The van der Waals surface area contributed by atoms with Crippen molar-refractivity contribution in [1.82, 2.24) is 18.6 Å². The Labute approximate surface area is 206 Å². The second kappa shape index (κ2) is 10.1. The topological polar surface area (TPSA) is 29.7 Å². The lowest BCUT2D eigenvalue weighted by molar-refractivity contribution is -0.710. The molecule has 188 valence electrons. The molecule has 3 aromatic heterocycles. The second-order valence-corrected chi connectivity index (χ2v) is 12.2. The van der Waals surface area contributed by atoms with Crippen molar-refractivity contribution in [3.05, 3.63) is 56.2 Å². The molecule has 0 radical (unpaired) electrons. The van der Waals surface area contributed by atoms with Gasteiger partial charge in [0.25, 0.3) is 0 Å². The molecule has 0 aromatic carbocycles. The highest BCUT2D eigenvalue weighted by Gasteiger charge is 2.17. The molecule has 0 unspecified atom stereocenters. The first-order chi connectivity index (χ1) is 15.7. The van der Waals surface area contributed by atoms with Gasteiger partial charge in [0, 0.05) is 19.6 Å². The van der Waals surface area contributed by atoms with Crippen molar-refractivity contribution in [2.75, 3.05) is 19.6 Å². The van der Waals surface area contributed by atoms with Crippen LogP contribution in [0.1, 0.15) is 62.3 Å². The van der Waals surface area contributed by atoms with E-state index in [1.165, 1.54) is 0 Å². The minimum Gasteiger partial charge on any atom is -0.350 e. The molecule has 0 aliphatic rings. The fraction of sp³-hybridized carbons (Fsp3) is 0.667. The minimum atomic E-state index is 0.0459. The zero-order valence-electron chi connectivity index (χ0n) is 22.8. The molecule has 3 rings (SSSR count). The van der Waals surface area contributed by atoms with Crippen LogP contribution >= 0.6 is 0 Å². The van der Waals surface area contributed by atoms with Gasteiger partial charge in [0.1, 0.15) is 0 Å². The zero-order chi connectivity index (χ0) is 25.1. The van der Waals surface area contributed by atoms with Gasteiger partial charge < -0.3 is 27.4 Å². The van der Waals surface area contributed by atoms with E-state index in [1.54, 1.807) is 0 Å². The summed E-state index contributed by atoms with van der Waals surface area (Å²) in [5, 5.41) is 0. The summed E-state index contributed by atoms with van der Waals surface area (Å²) in [4.78, 5) is 2.53. The van der Waals surface area contributed by atoms with Crippen LogP contribution in [0.4, 0.5) is 0 Å². The highest BCUT2D eigenvalue weighted by atomic mass is 15.2. The van der Waals surface area contributed by atoms with Crippen LogP contribution in [0.3, 0.4) is 0 Å². The predicted molar refractivity (Wildman–Crippen MR) is 132 cm³/mol. The smallest absolute Gasteiger partial charge is 0.204 e. The van der Waals surface area contributed by atoms with Gasteiger partial charge >= 0.3 is 0 Å². The van der Waals surface area contributed by atoms with Crippen LogP contribution in [-0.4, -0.2) is 38.2 Å². The summed E-state index contributed by atoms with van der Waals surface area (Å²) in [6.07, 6.45) is 23.1. The van der Waals surface area contributed by atoms with Crippen molar-refractivity contribution >= 4 is 0 Å². The molecule has 0 spiro atoms. The summed E-state index contributed by atoms with van der Waals surface area (Å²) >= 11 is 0. The molecule has 0 atom stereocenters. The van der Waals surface area contributed by atoms with Crippen molar-refractivity contribution in [3.63, 3.8) is 0 Å². The Morgan fingerprint density at radius 1 is 0.529 bits per heavy atom. The van der Waals surface area contributed by atoms with Crippen LogP contribution in [0.5, 0.6) is 0 Å². The standard InChI is InChI=1S/C27H45N7/c1-25(2,3)32-19-16-29(22-32)13-10-28(11-14-30-17-20-33(23-30)26(4,5)6)12-15-31-18-21-34(24-31)27(7,8)9/h16-21H,10-15H2,1-9H3. The Hall–Kier alpha value is -2.41. The maximum Gasteiger partial charge on any atom is 0.204 e. The summed E-state index contributed by atoms with van der Waals surface area (Å²) in [6, 6.07) is 0. The summed E-state index contributed by atoms with van der Waals surface area (Å²) in [6.45, 7) is 25.5. The van der Waals surface area contributed by atoms with E-state index < -0.39 is 0 Å². The highest BCUT2D eigenvalue weighted by molar-refractivity contribution is 4.79. The average Bonchev–Trinajstić information content (AvgIpc) is 3.46. The van der Waals surface area contributed by atoms with Crippen molar-refractivity contribution in [2.45, 2.75) is 98.6 Å². The van der Waals surface area contributed by atoms with Crippen molar-refractivity contribution in [1.29, 1.82) is 0 Å². The molecule has 0 saturated carbocycles. The lowest BCUT2D eigenvalue weighted by Gasteiger charge is -2.22. The zero-order valence-corrected chi connectivity index (χ0v) is 22.8. The molecule has 0 aliphatic carbocycles. The first-order valence-corrected chi connectivity index (χ1v) is 12.5. The molecule has 7 heteroatoms. The Balaban J connectivity index is 1.64. The summed E-state index contributed by atoms with van der Waals surface area (Å²) in [5.74, 6) is 0. The monoisotopic (exact) mass is 467 g/mol. The lowest BCUT2D eigenvalue weighted by atomic mass is 10.1. The maximum atomic E-state index is 3.47. The third-order valence-corrected chi connectivity index (χ3v) is 6.04. The Kier molecular flexibility index (Phi) is 7.75. The molecule has 0 bridgehead atoms. The number of imidazole rings is 3. The van der Waals surface area contributed by atoms with Gasteiger partial charge in [-0.3, -0.25) is 4.90 Å². The fourth-order valence-corrected chi connectivity index (χ4v) is 3.63. The summed E-state index contributed by atoms with van der Waals surface area (Å²) in [5.41, 5.74) is 0.138. The molecule has 34 heavy (non-hydrogen) atoms. The fourth-order valence-electron chi connectivity index (χ4n) is 3.63. The van der Waals surface area contributed by atoms with E-state index in [-0.39, 0.29) is 16.6 Å². The molecule has 0 aliphatic heterocycles. The quantitative estimate of drug-likeness (QED) is 0.351. The van der Waals surface area contributed by atoms with E-state index in [0.717, 1.165) is 39.3 Å². The molecule has 3 heterocycles. The van der Waals surface area contributed by atoms with Crippen molar-refractivity contribution in [3.8, 4) is 0 Å². The van der Waals surface area contributed by atoms with E-state index in [0.29, 0.717) is 0 Å². The number of hydrogen-bond acceptors (Lipinski definition) is 1. The first-order valence-electron chi connectivity index (χ1n) is 12.5. The van der Waals surface area contributed by atoms with E-state index in [9.17, 15) is 0 Å². The van der Waals surface area contributed by atoms with Gasteiger partial charge in [-0.25, -0.2) is 0 Å². The normalized spacial score (nSPS) is 13.2. The molecule has 0 amide bonds. The van der Waals surface area contributed by atoms with E-state index in [4.69, 9.17) is 0 Å². The summed E-state index contributed by atoms with van der Waals surface area (Å²) < 4.78 is 13.0. The van der Waals surface area contributed by atoms with Crippen LogP contribution in [0.25, 0.3) is 0 Å². The van der Waals surface area contributed by atoms with E-state index in [2.05, 4.69) is 151 Å². The second-order valence-electron chi connectivity index (χ2n) is 12.2. The number of hydrogen-bond donors (Lipinski definition) is 0. The third kappa shape index (κ3) is 7.29. The van der Waals surface area contributed by atoms with Gasteiger partial charge in [-0.1, -0.05) is 0 Å². The highest BCUT2D eigenvalue weighted by Crippen LogP contribution is 2.12. The van der Waals surface area contributed by atoms with E-state index in [1.807, 2.05) is 0 Å². The number of aromatic nitrogens is 6. The van der Waals surface area contributed by atoms with Gasteiger partial charge in [0.2, 0.25) is 19.0 Å². The van der Waals surface area contributed by atoms with Crippen molar-refractivity contribution in [2.24, 2.45) is 0 Å². The molecule has 0 N–H and O–H groups in total. The van der Waals surface area contributed by atoms with Gasteiger partial charge in [-0.2, -0.15) is 0 Å². The van der Waals surface area contributed by atoms with Crippen LogP contribution in [0, 0.1) is 19.0 Å². The number of nitrogens with zero attached hydrogens (tertiary/aromatic N) is 7. The molecule has 0 saturated heterocycles. The maximum absolute atomic E-state index is 3.47. The predicted octanol–water partition coefficient (Wildman–Crippen LogP) is 2.32. The third-order valence-electron chi connectivity index (χ3n) is 6.04. The van der Waals surface area contributed by atoms with Gasteiger partial charge in [-0.15, -0.1) is 0 Å². The molecule has 7 nitrogen and oxygen atoms in total. The Morgan fingerprint density at radius 3 is 1.00 bits per heavy atom. The first kappa shape index (κ1) is 26.2. The van der Waals surface area contributed by atoms with Gasteiger partial charge in [-0.05, 0) is 99.5 Å². The van der Waals surface area contributed by atoms with Crippen LogP contribution in [0.15, 0.2) is 37.2 Å². The largest absolute Gasteiger partial charge is 0.350 e. The molecule has 0 fully saturated rings.